The number of amides is 1. The van der Waals surface area contributed by atoms with Crippen LogP contribution in [0.3, 0.4) is 0 Å². The molecule has 0 aromatic heterocycles. The average Bonchev–Trinajstić information content (AvgIpc) is 2.99. The van der Waals surface area contributed by atoms with Crippen molar-refractivity contribution in [1.29, 1.82) is 0 Å². The second-order valence-corrected chi connectivity index (χ2v) is 4.92. The highest BCUT2D eigenvalue weighted by atomic mass is 19.1. The normalized spacial score (nSPS) is 17.1. The van der Waals surface area contributed by atoms with E-state index in [2.05, 4.69) is 17.2 Å². The lowest BCUT2D eigenvalue weighted by molar-refractivity contribution is 0.0949. The van der Waals surface area contributed by atoms with Crippen molar-refractivity contribution in [2.75, 3.05) is 26.4 Å². The van der Waals surface area contributed by atoms with E-state index < -0.39 is 5.82 Å². The van der Waals surface area contributed by atoms with E-state index in [1.54, 1.807) is 0 Å². The molecule has 1 unspecified atom stereocenters. The number of aliphatic hydroxyl groups is 1. The monoisotopic (exact) mass is 291 g/mol. The molecular formula is C16H18FNO3. The van der Waals surface area contributed by atoms with Gasteiger partial charge in [0.25, 0.3) is 5.91 Å². The first-order valence-electron chi connectivity index (χ1n) is 6.96. The molecule has 1 amide bonds. The zero-order chi connectivity index (χ0) is 15.1. The van der Waals surface area contributed by atoms with Crippen LogP contribution in [-0.4, -0.2) is 37.4 Å². The van der Waals surface area contributed by atoms with Gasteiger partial charge < -0.3 is 15.2 Å². The fraction of sp³-hybridized carbons (Fsp3) is 0.438. The lowest BCUT2D eigenvalue weighted by atomic mass is 10.0. The Morgan fingerprint density at radius 1 is 1.52 bits per heavy atom. The lowest BCUT2D eigenvalue weighted by Crippen LogP contribution is -2.27. The maximum Gasteiger partial charge on any atom is 0.252 e. The number of hydrogen-bond acceptors (Lipinski definition) is 3. The molecule has 0 aliphatic carbocycles. The average molecular weight is 291 g/mol. The Bertz CT molecular complexity index is 556. The third kappa shape index (κ3) is 4.55. The number of benzene rings is 1. The maximum atomic E-state index is 13.3. The highest BCUT2D eigenvalue weighted by molar-refractivity contribution is 5.96. The van der Waals surface area contributed by atoms with Crippen molar-refractivity contribution in [1.82, 2.24) is 5.32 Å². The van der Waals surface area contributed by atoms with Gasteiger partial charge in [-0.3, -0.25) is 4.79 Å². The Kier molecular flexibility index (Phi) is 5.73. The number of rotatable bonds is 4. The van der Waals surface area contributed by atoms with Crippen LogP contribution in [0.2, 0.25) is 0 Å². The quantitative estimate of drug-likeness (QED) is 0.823. The van der Waals surface area contributed by atoms with Crippen LogP contribution in [0, 0.1) is 23.6 Å². The molecule has 1 heterocycles. The smallest absolute Gasteiger partial charge is 0.252 e. The van der Waals surface area contributed by atoms with Gasteiger partial charge in [0.15, 0.2) is 0 Å². The van der Waals surface area contributed by atoms with Crippen LogP contribution in [0.15, 0.2) is 18.2 Å². The molecule has 2 rings (SSSR count). The minimum atomic E-state index is -0.487. The number of hydrogen-bond donors (Lipinski definition) is 2. The van der Waals surface area contributed by atoms with Gasteiger partial charge in [-0.05, 0) is 37.0 Å². The lowest BCUT2D eigenvalue weighted by Gasteiger charge is -2.10. The molecule has 0 radical (unpaired) electrons. The van der Waals surface area contributed by atoms with Crippen molar-refractivity contribution in [3.8, 4) is 11.8 Å². The first-order chi connectivity index (χ1) is 10.2. The molecule has 2 N–H and O–H groups in total. The van der Waals surface area contributed by atoms with Gasteiger partial charge in [-0.2, -0.15) is 0 Å². The maximum absolute atomic E-state index is 13.3. The third-order valence-corrected chi connectivity index (χ3v) is 3.39. The molecule has 1 aromatic carbocycles. The van der Waals surface area contributed by atoms with Crippen LogP contribution in [0.4, 0.5) is 4.39 Å². The third-order valence-electron chi connectivity index (χ3n) is 3.39. The van der Waals surface area contributed by atoms with Crippen LogP contribution in [0.25, 0.3) is 0 Å². The van der Waals surface area contributed by atoms with E-state index in [4.69, 9.17) is 9.84 Å². The molecular weight excluding hydrogens is 273 g/mol. The predicted octanol–water partition coefficient (Wildman–Crippen LogP) is 1.33. The summed E-state index contributed by atoms with van der Waals surface area (Å²) in [5, 5.41) is 11.5. The minimum absolute atomic E-state index is 0.193. The first kappa shape index (κ1) is 15.5. The van der Waals surface area contributed by atoms with E-state index in [1.807, 2.05) is 0 Å². The van der Waals surface area contributed by atoms with Crippen molar-refractivity contribution in [3.05, 3.63) is 35.1 Å². The number of ether oxygens (including phenoxy) is 1. The van der Waals surface area contributed by atoms with Gasteiger partial charge in [-0.1, -0.05) is 11.8 Å². The molecule has 0 spiro atoms. The fourth-order valence-corrected chi connectivity index (χ4v) is 2.24. The highest BCUT2D eigenvalue weighted by Gasteiger charge is 2.16. The second kappa shape index (κ2) is 7.77. The molecule has 0 saturated carbocycles. The van der Waals surface area contributed by atoms with E-state index >= 15 is 0 Å². The summed E-state index contributed by atoms with van der Waals surface area (Å²) in [6.45, 7) is 1.74. The molecule has 21 heavy (non-hydrogen) atoms. The van der Waals surface area contributed by atoms with Gasteiger partial charge in [0.1, 0.15) is 12.4 Å². The molecule has 1 aliphatic heterocycles. The Labute approximate surface area is 123 Å². The number of carbonyl (C=O) groups is 1. The summed E-state index contributed by atoms with van der Waals surface area (Å²) < 4.78 is 18.6. The van der Waals surface area contributed by atoms with E-state index in [0.29, 0.717) is 18.0 Å². The van der Waals surface area contributed by atoms with Crippen molar-refractivity contribution in [2.45, 2.75) is 12.8 Å². The standard InChI is InChI=1S/C16H18FNO3/c17-14-4-3-13(2-1-8-19)15(10-14)16(20)18-7-5-12-6-9-21-11-12/h3-4,10,12,19H,5-9,11H2,(H,18,20). The Balaban J connectivity index is 1.98. The fourth-order valence-electron chi connectivity index (χ4n) is 2.24. The molecule has 1 aromatic rings. The van der Waals surface area contributed by atoms with E-state index in [1.165, 1.54) is 12.1 Å². The van der Waals surface area contributed by atoms with Crippen molar-refractivity contribution in [3.63, 3.8) is 0 Å². The van der Waals surface area contributed by atoms with E-state index in [9.17, 15) is 9.18 Å². The highest BCUT2D eigenvalue weighted by Crippen LogP contribution is 2.15. The molecule has 1 aliphatic rings. The zero-order valence-corrected chi connectivity index (χ0v) is 11.7. The summed E-state index contributed by atoms with van der Waals surface area (Å²) >= 11 is 0. The molecule has 1 saturated heterocycles. The number of carbonyl (C=O) groups excluding carboxylic acids is 1. The molecule has 1 fully saturated rings. The second-order valence-electron chi connectivity index (χ2n) is 4.92. The SMILES string of the molecule is O=C(NCCC1CCOC1)c1cc(F)ccc1C#CCO. The Morgan fingerprint density at radius 3 is 3.10 bits per heavy atom. The summed E-state index contributed by atoms with van der Waals surface area (Å²) in [4.78, 5) is 12.1. The predicted molar refractivity (Wildman–Crippen MR) is 76.2 cm³/mol. The Morgan fingerprint density at radius 2 is 2.38 bits per heavy atom. The van der Waals surface area contributed by atoms with Crippen LogP contribution >= 0.6 is 0 Å². The van der Waals surface area contributed by atoms with Gasteiger partial charge in [0.2, 0.25) is 0 Å². The van der Waals surface area contributed by atoms with Gasteiger partial charge in [0, 0.05) is 25.3 Å². The number of halogens is 1. The first-order valence-corrected chi connectivity index (χ1v) is 6.96. The largest absolute Gasteiger partial charge is 0.384 e. The van der Waals surface area contributed by atoms with Gasteiger partial charge in [0.05, 0.1) is 5.56 Å². The van der Waals surface area contributed by atoms with Gasteiger partial charge in [-0.15, -0.1) is 0 Å². The summed E-state index contributed by atoms with van der Waals surface area (Å²) in [6, 6.07) is 3.85. The van der Waals surface area contributed by atoms with Gasteiger partial charge in [-0.25, -0.2) is 4.39 Å². The molecule has 4 nitrogen and oxygen atoms in total. The summed E-state index contributed by atoms with van der Waals surface area (Å²) in [5.41, 5.74) is 0.603. The van der Waals surface area contributed by atoms with E-state index in [-0.39, 0.29) is 18.1 Å². The molecule has 5 heteroatoms. The Hall–Kier alpha value is -1.90. The number of nitrogens with one attached hydrogen (secondary N) is 1. The minimum Gasteiger partial charge on any atom is -0.384 e. The van der Waals surface area contributed by atoms with Crippen LogP contribution in [0.1, 0.15) is 28.8 Å². The molecule has 0 bridgehead atoms. The van der Waals surface area contributed by atoms with Crippen LogP contribution in [-0.2, 0) is 4.74 Å². The zero-order valence-electron chi connectivity index (χ0n) is 11.7. The number of aliphatic hydroxyl groups excluding tert-OH is 1. The van der Waals surface area contributed by atoms with Crippen molar-refractivity contribution in [2.24, 2.45) is 5.92 Å². The molecule has 1 atom stereocenters. The van der Waals surface area contributed by atoms with E-state index in [0.717, 1.165) is 32.1 Å². The van der Waals surface area contributed by atoms with Crippen molar-refractivity contribution < 1.29 is 19.0 Å². The van der Waals surface area contributed by atoms with Crippen LogP contribution in [0.5, 0.6) is 0 Å². The summed E-state index contributed by atoms with van der Waals surface area (Å²) in [7, 11) is 0. The van der Waals surface area contributed by atoms with Crippen LogP contribution < -0.4 is 5.32 Å². The van der Waals surface area contributed by atoms with Gasteiger partial charge >= 0.3 is 0 Å². The topological polar surface area (TPSA) is 58.6 Å². The molecule has 112 valence electrons. The van der Waals surface area contributed by atoms with Crippen molar-refractivity contribution >= 4 is 5.91 Å². The summed E-state index contributed by atoms with van der Waals surface area (Å²) in [6.07, 6.45) is 1.86. The summed E-state index contributed by atoms with van der Waals surface area (Å²) in [5.74, 6) is 4.76.